The van der Waals surface area contributed by atoms with Gasteiger partial charge in [0.1, 0.15) is 5.82 Å². The van der Waals surface area contributed by atoms with Crippen LogP contribution in [-0.4, -0.2) is 35.6 Å². The van der Waals surface area contributed by atoms with E-state index in [4.69, 9.17) is 0 Å². The van der Waals surface area contributed by atoms with E-state index >= 15 is 0 Å². The maximum atomic E-state index is 13.1. The molecule has 2 fully saturated rings. The van der Waals surface area contributed by atoms with E-state index in [1.54, 1.807) is 12.3 Å². The third-order valence-electron chi connectivity index (χ3n) is 4.15. The number of nitrogens with one attached hydrogen (secondary N) is 1. The minimum Gasteiger partial charge on any atom is -0.314 e. The Balaban J connectivity index is 1.42. The second-order valence-electron chi connectivity index (χ2n) is 5.91. The highest BCUT2D eigenvalue weighted by atomic mass is 19.1. The van der Waals surface area contributed by atoms with Crippen molar-refractivity contribution in [1.82, 2.24) is 15.2 Å². The van der Waals surface area contributed by atoms with E-state index in [2.05, 4.69) is 15.2 Å². The minimum atomic E-state index is -0.235. The van der Waals surface area contributed by atoms with E-state index < -0.39 is 0 Å². The smallest absolute Gasteiger partial charge is 0.141 e. The largest absolute Gasteiger partial charge is 0.314 e. The Morgan fingerprint density at radius 2 is 2.00 bits per heavy atom. The standard InChI is InChI=1S/C15H22FN3/c16-14-7-13(8-17-10-14)11-19-5-3-12(4-6-19)9-18-15-1-2-15/h7-8,10,12,15,18H,1-6,9,11H2. The summed E-state index contributed by atoms with van der Waals surface area (Å²) in [5, 5.41) is 3.62. The Bertz CT molecular complexity index is 412. The third kappa shape index (κ3) is 3.98. The Morgan fingerprint density at radius 3 is 2.68 bits per heavy atom. The van der Waals surface area contributed by atoms with Gasteiger partial charge in [-0.15, -0.1) is 0 Å². The summed E-state index contributed by atoms with van der Waals surface area (Å²) >= 11 is 0. The molecular weight excluding hydrogens is 241 g/mol. The number of aromatic nitrogens is 1. The monoisotopic (exact) mass is 263 g/mol. The number of piperidine rings is 1. The van der Waals surface area contributed by atoms with Crippen molar-refractivity contribution in [2.24, 2.45) is 5.92 Å². The summed E-state index contributed by atoms with van der Waals surface area (Å²) < 4.78 is 13.1. The lowest BCUT2D eigenvalue weighted by Gasteiger charge is -2.32. The van der Waals surface area contributed by atoms with Crippen molar-refractivity contribution in [2.45, 2.75) is 38.3 Å². The summed E-state index contributed by atoms with van der Waals surface area (Å²) in [5.74, 6) is 0.587. The zero-order valence-electron chi connectivity index (χ0n) is 11.3. The molecule has 1 aliphatic heterocycles. The molecule has 4 heteroatoms. The van der Waals surface area contributed by atoms with E-state index in [9.17, 15) is 4.39 Å². The van der Waals surface area contributed by atoms with Crippen LogP contribution in [0.25, 0.3) is 0 Å². The molecule has 1 aromatic heterocycles. The third-order valence-corrected chi connectivity index (χ3v) is 4.15. The molecule has 1 aromatic rings. The van der Waals surface area contributed by atoms with Gasteiger partial charge in [-0.3, -0.25) is 9.88 Å². The van der Waals surface area contributed by atoms with Crippen molar-refractivity contribution >= 4 is 0 Å². The summed E-state index contributed by atoms with van der Waals surface area (Å²) in [6.45, 7) is 4.24. The molecule has 3 rings (SSSR count). The molecule has 1 saturated heterocycles. The van der Waals surface area contributed by atoms with Gasteiger partial charge in [-0.25, -0.2) is 4.39 Å². The second-order valence-corrected chi connectivity index (χ2v) is 5.91. The molecule has 1 aliphatic carbocycles. The Kier molecular flexibility index (Phi) is 4.09. The molecule has 104 valence electrons. The molecule has 0 atom stereocenters. The van der Waals surface area contributed by atoms with E-state index in [0.717, 1.165) is 37.2 Å². The van der Waals surface area contributed by atoms with Crippen LogP contribution in [0.15, 0.2) is 18.5 Å². The minimum absolute atomic E-state index is 0.235. The molecule has 0 unspecified atom stereocenters. The van der Waals surface area contributed by atoms with Gasteiger partial charge in [-0.05, 0) is 62.9 Å². The van der Waals surface area contributed by atoms with Crippen molar-refractivity contribution < 1.29 is 4.39 Å². The summed E-state index contributed by atoms with van der Waals surface area (Å²) in [6.07, 6.45) is 8.27. The first-order valence-electron chi connectivity index (χ1n) is 7.35. The van der Waals surface area contributed by atoms with E-state index in [1.165, 1.54) is 38.4 Å². The maximum absolute atomic E-state index is 13.1. The first kappa shape index (κ1) is 13.0. The molecule has 3 nitrogen and oxygen atoms in total. The summed E-state index contributed by atoms with van der Waals surface area (Å²) in [7, 11) is 0. The molecule has 0 amide bonds. The lowest BCUT2D eigenvalue weighted by atomic mass is 9.96. The van der Waals surface area contributed by atoms with Gasteiger partial charge >= 0.3 is 0 Å². The second kappa shape index (κ2) is 5.97. The molecular formula is C15H22FN3. The van der Waals surface area contributed by atoms with Gasteiger partial charge in [-0.2, -0.15) is 0 Å². The highest BCUT2D eigenvalue weighted by Crippen LogP contribution is 2.22. The number of hydrogen-bond acceptors (Lipinski definition) is 3. The topological polar surface area (TPSA) is 28.2 Å². The van der Waals surface area contributed by atoms with E-state index in [0.29, 0.717) is 0 Å². The number of pyridine rings is 1. The van der Waals surface area contributed by atoms with Crippen LogP contribution in [0.4, 0.5) is 4.39 Å². The van der Waals surface area contributed by atoms with Crippen LogP contribution in [0, 0.1) is 11.7 Å². The van der Waals surface area contributed by atoms with Crippen molar-refractivity contribution in [3.8, 4) is 0 Å². The van der Waals surface area contributed by atoms with Gasteiger partial charge in [0.25, 0.3) is 0 Å². The highest BCUT2D eigenvalue weighted by molar-refractivity contribution is 5.10. The van der Waals surface area contributed by atoms with Gasteiger partial charge < -0.3 is 5.32 Å². The van der Waals surface area contributed by atoms with Gasteiger partial charge in [0.15, 0.2) is 0 Å². The van der Waals surface area contributed by atoms with Crippen molar-refractivity contribution in [1.29, 1.82) is 0 Å². The SMILES string of the molecule is Fc1cncc(CN2CCC(CNC3CC3)CC2)c1. The van der Waals surface area contributed by atoms with Crippen LogP contribution < -0.4 is 5.32 Å². The van der Waals surface area contributed by atoms with E-state index in [-0.39, 0.29) is 5.82 Å². The van der Waals surface area contributed by atoms with Crippen LogP contribution in [-0.2, 0) is 6.54 Å². The van der Waals surface area contributed by atoms with Crippen LogP contribution in [0.1, 0.15) is 31.2 Å². The average Bonchev–Trinajstić information content (AvgIpc) is 3.22. The molecule has 1 N–H and O–H groups in total. The van der Waals surface area contributed by atoms with Crippen LogP contribution in [0.3, 0.4) is 0 Å². The number of hydrogen-bond donors (Lipinski definition) is 1. The number of nitrogens with zero attached hydrogens (tertiary/aromatic N) is 2. The van der Waals surface area contributed by atoms with Crippen LogP contribution in [0.2, 0.25) is 0 Å². The summed E-state index contributed by atoms with van der Waals surface area (Å²) in [4.78, 5) is 6.32. The van der Waals surface area contributed by atoms with E-state index in [1.807, 2.05) is 0 Å². The van der Waals surface area contributed by atoms with Gasteiger partial charge in [-0.1, -0.05) is 0 Å². The molecule has 0 bridgehead atoms. The summed E-state index contributed by atoms with van der Waals surface area (Å²) in [5.41, 5.74) is 0.981. The lowest BCUT2D eigenvalue weighted by molar-refractivity contribution is 0.175. The fourth-order valence-electron chi connectivity index (χ4n) is 2.77. The first-order chi connectivity index (χ1) is 9.29. The normalized spacial score (nSPS) is 21.7. The predicted molar refractivity (Wildman–Crippen MR) is 73.2 cm³/mol. The Hall–Kier alpha value is -1.00. The molecule has 0 spiro atoms. The molecule has 1 saturated carbocycles. The van der Waals surface area contributed by atoms with Gasteiger partial charge in [0, 0.05) is 18.8 Å². The molecule has 0 aromatic carbocycles. The zero-order valence-corrected chi connectivity index (χ0v) is 11.3. The first-order valence-corrected chi connectivity index (χ1v) is 7.35. The highest BCUT2D eigenvalue weighted by Gasteiger charge is 2.24. The summed E-state index contributed by atoms with van der Waals surface area (Å²) in [6, 6.07) is 2.41. The van der Waals surface area contributed by atoms with Crippen molar-refractivity contribution in [2.75, 3.05) is 19.6 Å². The lowest BCUT2D eigenvalue weighted by Crippen LogP contribution is -2.37. The maximum Gasteiger partial charge on any atom is 0.141 e. The fraction of sp³-hybridized carbons (Fsp3) is 0.667. The van der Waals surface area contributed by atoms with Crippen molar-refractivity contribution in [3.05, 3.63) is 29.8 Å². The average molecular weight is 263 g/mol. The number of likely N-dealkylation sites (tertiary alicyclic amines) is 1. The van der Waals surface area contributed by atoms with Crippen LogP contribution in [0.5, 0.6) is 0 Å². The fourth-order valence-corrected chi connectivity index (χ4v) is 2.77. The van der Waals surface area contributed by atoms with Gasteiger partial charge in [0.2, 0.25) is 0 Å². The molecule has 0 radical (unpaired) electrons. The Labute approximate surface area is 114 Å². The van der Waals surface area contributed by atoms with Gasteiger partial charge in [0.05, 0.1) is 6.20 Å². The number of halogens is 1. The zero-order chi connectivity index (χ0) is 13.1. The Morgan fingerprint density at radius 1 is 1.21 bits per heavy atom. The molecule has 2 aliphatic rings. The van der Waals surface area contributed by atoms with Crippen molar-refractivity contribution in [3.63, 3.8) is 0 Å². The predicted octanol–water partition coefficient (Wildman–Crippen LogP) is 2.18. The number of rotatable bonds is 5. The quantitative estimate of drug-likeness (QED) is 0.882. The molecule has 2 heterocycles. The molecule has 19 heavy (non-hydrogen) atoms. The van der Waals surface area contributed by atoms with Crippen LogP contribution >= 0.6 is 0 Å².